The summed E-state index contributed by atoms with van der Waals surface area (Å²) in [5.41, 5.74) is 3.81. The molecule has 4 aromatic rings. The van der Waals surface area contributed by atoms with E-state index in [4.69, 9.17) is 19.7 Å². The normalized spacial score (nSPS) is 10.9. The molecule has 35 heavy (non-hydrogen) atoms. The van der Waals surface area contributed by atoms with E-state index in [1.54, 1.807) is 24.5 Å². The highest BCUT2D eigenvalue weighted by Crippen LogP contribution is 2.29. The van der Waals surface area contributed by atoms with Gasteiger partial charge in [0.1, 0.15) is 5.69 Å². The third kappa shape index (κ3) is 6.00. The van der Waals surface area contributed by atoms with E-state index in [1.165, 1.54) is 25.3 Å². The van der Waals surface area contributed by atoms with Crippen molar-refractivity contribution in [3.63, 3.8) is 0 Å². The molecular formula is C27H23N3O5. The van der Waals surface area contributed by atoms with Gasteiger partial charge in [0.05, 0.1) is 13.7 Å². The molecule has 2 aromatic heterocycles. The maximum Gasteiger partial charge on any atom is 0.341 e. The topological polar surface area (TPSA) is 104 Å². The molecule has 0 spiro atoms. The van der Waals surface area contributed by atoms with Crippen molar-refractivity contribution in [1.29, 1.82) is 0 Å². The lowest BCUT2D eigenvalue weighted by atomic mass is 10.1. The number of carbonyl (C=O) groups is 2. The number of methoxy groups -OCH3 is 1. The number of carboxylic acids is 1. The van der Waals surface area contributed by atoms with Crippen molar-refractivity contribution in [3.8, 4) is 22.8 Å². The first-order valence-electron chi connectivity index (χ1n) is 10.8. The zero-order chi connectivity index (χ0) is 24.6. The monoisotopic (exact) mass is 469 g/mol. The van der Waals surface area contributed by atoms with Gasteiger partial charge >= 0.3 is 5.97 Å². The van der Waals surface area contributed by atoms with Gasteiger partial charge in [-0.2, -0.15) is 5.10 Å². The van der Waals surface area contributed by atoms with E-state index in [0.29, 0.717) is 17.8 Å². The Morgan fingerprint density at radius 3 is 2.60 bits per heavy atom. The van der Waals surface area contributed by atoms with E-state index in [9.17, 15) is 9.59 Å². The smallest absolute Gasteiger partial charge is 0.341 e. The molecule has 0 radical (unpaired) electrons. The fourth-order valence-electron chi connectivity index (χ4n) is 3.48. The Labute approximate surface area is 202 Å². The molecule has 0 aliphatic heterocycles. The average Bonchev–Trinajstić information content (AvgIpc) is 3.29. The Morgan fingerprint density at radius 1 is 1.06 bits per heavy atom. The molecule has 0 atom stereocenters. The van der Waals surface area contributed by atoms with E-state index in [0.717, 1.165) is 16.7 Å². The summed E-state index contributed by atoms with van der Waals surface area (Å²) in [5.74, 6) is -0.831. The summed E-state index contributed by atoms with van der Waals surface area (Å²) < 4.78 is 12.3. The van der Waals surface area contributed by atoms with Crippen molar-refractivity contribution >= 4 is 17.8 Å². The molecular weight excluding hydrogens is 446 g/mol. The van der Waals surface area contributed by atoms with Gasteiger partial charge in [0.2, 0.25) is 0 Å². The molecule has 0 fully saturated rings. The first kappa shape index (κ1) is 23.4. The zero-order valence-electron chi connectivity index (χ0n) is 19.0. The van der Waals surface area contributed by atoms with Crippen LogP contribution < -0.4 is 9.47 Å². The van der Waals surface area contributed by atoms with Gasteiger partial charge in [0.15, 0.2) is 23.9 Å². The quantitative estimate of drug-likeness (QED) is 0.272. The maximum absolute atomic E-state index is 12.9. The number of ketones is 1. The van der Waals surface area contributed by atoms with Crippen molar-refractivity contribution in [3.05, 3.63) is 102 Å². The Morgan fingerprint density at radius 2 is 1.89 bits per heavy atom. The van der Waals surface area contributed by atoms with E-state index >= 15 is 0 Å². The number of rotatable bonds is 10. The molecule has 0 bridgehead atoms. The number of carboxylic acid groups (broad SMARTS) is 1. The van der Waals surface area contributed by atoms with Gasteiger partial charge < -0.3 is 14.6 Å². The van der Waals surface area contributed by atoms with Gasteiger partial charge in [-0.15, -0.1) is 0 Å². The molecule has 8 nitrogen and oxygen atoms in total. The Kier molecular flexibility index (Phi) is 7.32. The molecule has 0 aliphatic rings. The number of ether oxygens (including phenoxy) is 2. The van der Waals surface area contributed by atoms with Crippen LogP contribution >= 0.6 is 0 Å². The van der Waals surface area contributed by atoms with Crippen molar-refractivity contribution in [1.82, 2.24) is 14.8 Å². The van der Waals surface area contributed by atoms with Crippen LogP contribution in [0.1, 0.15) is 21.5 Å². The molecule has 0 aliphatic carbocycles. The predicted octanol–water partition coefficient (Wildman–Crippen LogP) is 4.36. The lowest BCUT2D eigenvalue weighted by molar-refractivity contribution is -0.139. The number of aliphatic carboxylic acids is 1. The number of carbonyl (C=O) groups excluding carboxylic acids is 1. The lowest BCUT2D eigenvalue weighted by Crippen LogP contribution is -2.10. The third-order valence-corrected chi connectivity index (χ3v) is 5.13. The zero-order valence-corrected chi connectivity index (χ0v) is 19.0. The number of allylic oxidation sites excluding steroid dienone is 1. The molecule has 0 saturated carbocycles. The number of hydrogen-bond donors (Lipinski definition) is 1. The Bertz CT molecular complexity index is 1350. The van der Waals surface area contributed by atoms with Crippen molar-refractivity contribution in [2.45, 2.75) is 6.54 Å². The standard InChI is InChI=1S/C27H23N3O5/c1-34-25-14-20(10-12-24(25)35-18-26(32)33)23(31)11-9-22-17-30(16-19-6-3-2-4-7-19)29-27(22)21-8-5-13-28-15-21/h2-15,17H,16,18H2,1H3,(H,32,33). The van der Waals surface area contributed by atoms with E-state index in [1.807, 2.05) is 53.3 Å². The van der Waals surface area contributed by atoms with Crippen LogP contribution in [0.15, 0.2) is 85.3 Å². The second kappa shape index (κ2) is 10.9. The van der Waals surface area contributed by atoms with Gasteiger partial charge in [-0.25, -0.2) is 4.79 Å². The molecule has 1 N–H and O–H groups in total. The largest absolute Gasteiger partial charge is 0.493 e. The highest BCUT2D eigenvalue weighted by atomic mass is 16.5. The summed E-state index contributed by atoms with van der Waals surface area (Å²) in [5, 5.41) is 13.5. The highest BCUT2D eigenvalue weighted by Gasteiger charge is 2.13. The average molecular weight is 469 g/mol. The second-order valence-electron chi connectivity index (χ2n) is 7.60. The molecule has 0 unspecified atom stereocenters. The second-order valence-corrected chi connectivity index (χ2v) is 7.60. The first-order chi connectivity index (χ1) is 17.0. The van der Waals surface area contributed by atoms with Crippen LogP contribution in [0.2, 0.25) is 0 Å². The SMILES string of the molecule is COc1cc(C(=O)C=Cc2cn(Cc3ccccc3)nc2-c2cccnc2)ccc1OCC(=O)O. The predicted molar refractivity (Wildman–Crippen MR) is 130 cm³/mol. The van der Waals surface area contributed by atoms with Crippen LogP contribution in [-0.2, 0) is 11.3 Å². The van der Waals surface area contributed by atoms with Gasteiger partial charge in [-0.3, -0.25) is 14.5 Å². The fourth-order valence-corrected chi connectivity index (χ4v) is 3.48. The minimum atomic E-state index is -1.10. The Hall–Kier alpha value is -4.72. The Balaban J connectivity index is 1.59. The van der Waals surface area contributed by atoms with Crippen molar-refractivity contribution < 1.29 is 24.2 Å². The summed E-state index contributed by atoms with van der Waals surface area (Å²) >= 11 is 0. The first-order valence-corrected chi connectivity index (χ1v) is 10.8. The van der Waals surface area contributed by atoms with Gasteiger partial charge in [-0.1, -0.05) is 30.3 Å². The van der Waals surface area contributed by atoms with E-state index in [2.05, 4.69) is 4.98 Å². The number of hydrogen-bond acceptors (Lipinski definition) is 6. The number of aromatic nitrogens is 3. The molecule has 0 saturated heterocycles. The van der Waals surface area contributed by atoms with Crippen LogP contribution in [0.4, 0.5) is 0 Å². The molecule has 8 heteroatoms. The molecule has 4 rings (SSSR count). The van der Waals surface area contributed by atoms with Crippen LogP contribution in [0.25, 0.3) is 17.3 Å². The molecule has 0 amide bonds. The van der Waals surface area contributed by atoms with Gasteiger partial charge in [0, 0.05) is 35.3 Å². The maximum atomic E-state index is 12.9. The van der Waals surface area contributed by atoms with Crippen LogP contribution in [0, 0.1) is 0 Å². The van der Waals surface area contributed by atoms with Crippen LogP contribution in [-0.4, -0.2) is 45.3 Å². The fraction of sp³-hybridized carbons (Fsp3) is 0.111. The van der Waals surface area contributed by atoms with Crippen LogP contribution in [0.3, 0.4) is 0 Å². The van der Waals surface area contributed by atoms with Gasteiger partial charge in [0.25, 0.3) is 0 Å². The molecule has 2 aromatic carbocycles. The number of pyridine rings is 1. The van der Waals surface area contributed by atoms with E-state index < -0.39 is 12.6 Å². The summed E-state index contributed by atoms with van der Waals surface area (Å²) in [6, 6.07) is 18.3. The molecule has 176 valence electrons. The lowest BCUT2D eigenvalue weighted by Gasteiger charge is -2.09. The minimum absolute atomic E-state index is 0.247. The number of nitrogens with zero attached hydrogens (tertiary/aromatic N) is 3. The third-order valence-electron chi connectivity index (χ3n) is 5.13. The van der Waals surface area contributed by atoms with Crippen LogP contribution in [0.5, 0.6) is 11.5 Å². The number of benzene rings is 2. The summed E-state index contributed by atoms with van der Waals surface area (Å²) in [4.78, 5) is 27.8. The minimum Gasteiger partial charge on any atom is -0.493 e. The summed E-state index contributed by atoms with van der Waals surface area (Å²) in [6.45, 7) is 0.0819. The van der Waals surface area contributed by atoms with Crippen molar-refractivity contribution in [2.75, 3.05) is 13.7 Å². The summed E-state index contributed by atoms with van der Waals surface area (Å²) in [6.07, 6.45) is 8.51. The molecule has 2 heterocycles. The summed E-state index contributed by atoms with van der Waals surface area (Å²) in [7, 11) is 1.42. The van der Waals surface area contributed by atoms with E-state index in [-0.39, 0.29) is 17.3 Å². The van der Waals surface area contributed by atoms with Crippen molar-refractivity contribution in [2.24, 2.45) is 0 Å². The van der Waals surface area contributed by atoms with Gasteiger partial charge in [-0.05, 0) is 48.0 Å². The highest BCUT2D eigenvalue weighted by molar-refractivity contribution is 6.07.